The lowest BCUT2D eigenvalue weighted by Gasteiger charge is -2.18. The minimum absolute atomic E-state index is 0.0896. The van der Waals surface area contributed by atoms with Gasteiger partial charge in [0.25, 0.3) is 0 Å². The molecule has 0 heterocycles. The number of ether oxygens (including phenoxy) is 3. The van der Waals surface area contributed by atoms with Crippen molar-refractivity contribution in [2.24, 2.45) is 0 Å². The van der Waals surface area contributed by atoms with Gasteiger partial charge in [0, 0.05) is 19.3 Å². The van der Waals surface area contributed by atoms with E-state index in [1.807, 2.05) is 0 Å². The largest absolute Gasteiger partial charge is 0.462 e. The summed E-state index contributed by atoms with van der Waals surface area (Å²) in [7, 11) is 0. The van der Waals surface area contributed by atoms with Crippen molar-refractivity contribution in [1.29, 1.82) is 0 Å². The lowest BCUT2D eigenvalue weighted by atomic mass is 10.1. The van der Waals surface area contributed by atoms with Gasteiger partial charge in [0.15, 0.2) is 6.10 Å². The van der Waals surface area contributed by atoms with Crippen molar-refractivity contribution in [2.75, 3.05) is 13.2 Å². The van der Waals surface area contributed by atoms with Crippen LogP contribution in [0.4, 0.5) is 0 Å². The van der Waals surface area contributed by atoms with E-state index in [1.54, 1.807) is 0 Å². The van der Waals surface area contributed by atoms with Gasteiger partial charge in [-0.1, -0.05) is 253 Å². The van der Waals surface area contributed by atoms with Crippen LogP contribution in [0.25, 0.3) is 0 Å². The molecule has 0 rings (SSSR count). The predicted molar refractivity (Wildman–Crippen MR) is 316 cm³/mol. The van der Waals surface area contributed by atoms with E-state index in [9.17, 15) is 14.4 Å². The van der Waals surface area contributed by atoms with Crippen molar-refractivity contribution in [3.8, 4) is 0 Å². The third kappa shape index (κ3) is 59.1. The zero-order valence-corrected chi connectivity index (χ0v) is 47.9. The minimum Gasteiger partial charge on any atom is -0.462 e. The van der Waals surface area contributed by atoms with E-state index in [4.69, 9.17) is 14.2 Å². The molecule has 0 bridgehead atoms. The number of hydrogen-bond acceptors (Lipinski definition) is 6. The van der Waals surface area contributed by atoms with Crippen LogP contribution in [-0.2, 0) is 28.6 Å². The molecule has 0 fully saturated rings. The van der Waals surface area contributed by atoms with E-state index >= 15 is 0 Å². The highest BCUT2D eigenvalue weighted by atomic mass is 16.6. The lowest BCUT2D eigenvalue weighted by Crippen LogP contribution is -2.30. The van der Waals surface area contributed by atoms with Crippen molar-refractivity contribution >= 4 is 17.9 Å². The quantitative estimate of drug-likeness (QED) is 0.0261. The Labute approximate surface area is 451 Å². The van der Waals surface area contributed by atoms with E-state index in [-0.39, 0.29) is 31.1 Å². The topological polar surface area (TPSA) is 78.9 Å². The number of esters is 3. The van der Waals surface area contributed by atoms with Gasteiger partial charge in [0.1, 0.15) is 13.2 Å². The van der Waals surface area contributed by atoms with E-state index in [0.29, 0.717) is 19.3 Å². The number of allylic oxidation sites excluding steroid dienone is 16. The third-order valence-corrected chi connectivity index (χ3v) is 13.0. The number of carbonyl (C=O) groups excluding carboxylic acids is 3. The monoisotopic (exact) mass is 1010 g/mol. The standard InChI is InChI=1S/C67H114O6/c1-4-7-10-13-16-19-22-25-28-30-32-33-34-35-36-38-39-42-45-48-51-54-57-60-66(69)72-63-64(62-71-65(68)59-56-53-50-47-44-41-27-24-21-18-15-12-9-6-3)73-67(70)61-58-55-52-49-46-43-40-37-31-29-26-23-20-17-14-11-8-5-2/h7,10,15-16,18-19,24-25,27-29,31-33,35-36,64H,4-6,8-9,11-14,17,20-23,26,30,34,37-63H2,1-3H3/b10-7-,18-15-,19-16-,27-24-,28-25-,31-29-,33-32-,36-35-. The Bertz CT molecular complexity index is 1440. The molecule has 1 unspecified atom stereocenters. The molecule has 0 N–H and O–H groups in total. The van der Waals surface area contributed by atoms with Crippen molar-refractivity contribution < 1.29 is 28.6 Å². The number of unbranched alkanes of at least 4 members (excludes halogenated alkanes) is 28. The maximum atomic E-state index is 12.9. The van der Waals surface area contributed by atoms with Gasteiger partial charge in [0.05, 0.1) is 0 Å². The Kier molecular flexibility index (Phi) is 57.8. The smallest absolute Gasteiger partial charge is 0.306 e. The molecule has 0 amide bonds. The van der Waals surface area contributed by atoms with Crippen molar-refractivity contribution in [1.82, 2.24) is 0 Å². The number of hydrogen-bond donors (Lipinski definition) is 0. The van der Waals surface area contributed by atoms with Crippen molar-refractivity contribution in [2.45, 2.75) is 297 Å². The molecule has 0 spiro atoms. The van der Waals surface area contributed by atoms with Gasteiger partial charge in [-0.25, -0.2) is 0 Å². The molecule has 0 aromatic carbocycles. The van der Waals surface area contributed by atoms with E-state index in [1.165, 1.54) is 128 Å². The van der Waals surface area contributed by atoms with E-state index in [0.717, 1.165) is 122 Å². The molecular formula is C67H114O6. The molecule has 1 atom stereocenters. The summed E-state index contributed by atoms with van der Waals surface area (Å²) < 4.78 is 16.9. The fourth-order valence-electron chi connectivity index (χ4n) is 8.42. The van der Waals surface area contributed by atoms with Gasteiger partial charge < -0.3 is 14.2 Å². The molecular weight excluding hydrogens is 901 g/mol. The predicted octanol–water partition coefficient (Wildman–Crippen LogP) is 20.9. The second kappa shape index (κ2) is 60.9. The second-order valence-corrected chi connectivity index (χ2v) is 20.2. The Morgan fingerprint density at radius 2 is 0.548 bits per heavy atom. The molecule has 73 heavy (non-hydrogen) atoms. The molecule has 0 aromatic heterocycles. The average Bonchev–Trinajstić information content (AvgIpc) is 3.39. The summed E-state index contributed by atoms with van der Waals surface area (Å²) in [6.45, 7) is 6.48. The Morgan fingerprint density at radius 1 is 0.288 bits per heavy atom. The average molecular weight is 1020 g/mol. The van der Waals surface area contributed by atoms with Crippen LogP contribution in [0.15, 0.2) is 97.2 Å². The molecule has 0 aliphatic heterocycles. The number of rotatable bonds is 55. The summed E-state index contributed by atoms with van der Waals surface area (Å²) in [5.74, 6) is -0.911. The lowest BCUT2D eigenvalue weighted by molar-refractivity contribution is -0.167. The molecule has 6 nitrogen and oxygen atoms in total. The summed E-state index contributed by atoms with van der Waals surface area (Å²) in [5.41, 5.74) is 0. The van der Waals surface area contributed by atoms with Gasteiger partial charge >= 0.3 is 17.9 Å². The Balaban J connectivity index is 4.40. The van der Waals surface area contributed by atoms with Crippen LogP contribution >= 0.6 is 0 Å². The van der Waals surface area contributed by atoms with E-state index in [2.05, 4.69) is 118 Å². The molecule has 0 radical (unpaired) electrons. The Hall–Kier alpha value is -3.67. The van der Waals surface area contributed by atoms with E-state index < -0.39 is 6.10 Å². The number of carbonyl (C=O) groups is 3. The Morgan fingerprint density at radius 3 is 0.890 bits per heavy atom. The third-order valence-electron chi connectivity index (χ3n) is 13.0. The maximum Gasteiger partial charge on any atom is 0.306 e. The molecule has 0 aliphatic carbocycles. The molecule has 6 heteroatoms. The van der Waals surface area contributed by atoms with Gasteiger partial charge in [-0.05, 0) is 116 Å². The normalized spacial score (nSPS) is 12.8. The van der Waals surface area contributed by atoms with Gasteiger partial charge in [0.2, 0.25) is 0 Å². The molecule has 0 aliphatic rings. The zero-order chi connectivity index (χ0) is 52.9. The minimum atomic E-state index is -0.792. The first-order chi connectivity index (χ1) is 36.0. The van der Waals surface area contributed by atoms with Gasteiger partial charge in [-0.2, -0.15) is 0 Å². The highest BCUT2D eigenvalue weighted by Gasteiger charge is 2.19. The highest BCUT2D eigenvalue weighted by molar-refractivity contribution is 5.71. The van der Waals surface area contributed by atoms with Crippen LogP contribution in [0.5, 0.6) is 0 Å². The van der Waals surface area contributed by atoms with Crippen LogP contribution in [0, 0.1) is 0 Å². The van der Waals surface area contributed by atoms with Crippen molar-refractivity contribution in [3.05, 3.63) is 97.2 Å². The summed E-state index contributed by atoms with van der Waals surface area (Å²) in [6.07, 6.45) is 81.1. The fraction of sp³-hybridized carbons (Fsp3) is 0.716. The SMILES string of the molecule is CC/C=C\C/C=C\C/C=C\C/C=C\C/C=C\CCCCCCCCCC(=O)OCC(COC(=O)CCCCCCC/C=C\C/C=C\CCCC)OC(=O)CCCCCCCCC/C=C\CCCCCCCCC. The summed E-state index contributed by atoms with van der Waals surface area (Å²) >= 11 is 0. The van der Waals surface area contributed by atoms with Crippen LogP contribution in [0.3, 0.4) is 0 Å². The molecule has 0 aromatic rings. The summed E-state index contributed by atoms with van der Waals surface area (Å²) in [6, 6.07) is 0. The van der Waals surface area contributed by atoms with Crippen LogP contribution < -0.4 is 0 Å². The second-order valence-electron chi connectivity index (χ2n) is 20.2. The summed E-state index contributed by atoms with van der Waals surface area (Å²) in [4.78, 5) is 38.3. The van der Waals surface area contributed by atoms with Crippen LogP contribution in [-0.4, -0.2) is 37.2 Å². The maximum absolute atomic E-state index is 12.9. The first-order valence-electron chi connectivity index (χ1n) is 30.7. The van der Waals surface area contributed by atoms with Crippen LogP contribution in [0.1, 0.15) is 290 Å². The van der Waals surface area contributed by atoms with Crippen molar-refractivity contribution in [3.63, 3.8) is 0 Å². The molecule has 0 saturated heterocycles. The van der Waals surface area contributed by atoms with Gasteiger partial charge in [-0.3, -0.25) is 14.4 Å². The highest BCUT2D eigenvalue weighted by Crippen LogP contribution is 2.15. The zero-order valence-electron chi connectivity index (χ0n) is 47.9. The first kappa shape index (κ1) is 69.3. The van der Waals surface area contributed by atoms with Gasteiger partial charge in [-0.15, -0.1) is 0 Å². The van der Waals surface area contributed by atoms with Crippen LogP contribution in [0.2, 0.25) is 0 Å². The molecule has 418 valence electrons. The molecule has 0 saturated carbocycles. The fourth-order valence-corrected chi connectivity index (χ4v) is 8.42. The summed E-state index contributed by atoms with van der Waals surface area (Å²) in [5, 5.41) is 0. The first-order valence-corrected chi connectivity index (χ1v) is 30.7.